The van der Waals surface area contributed by atoms with Crippen molar-refractivity contribution in [3.05, 3.63) is 18.6 Å². The molecule has 1 rings (SSSR count). The highest BCUT2D eigenvalue weighted by atomic mass is 35.5. The summed E-state index contributed by atoms with van der Waals surface area (Å²) >= 11 is 0. The lowest BCUT2D eigenvalue weighted by Crippen LogP contribution is -2.33. The molecule has 1 aromatic rings. The fourth-order valence-corrected chi connectivity index (χ4v) is 1.15. The highest BCUT2D eigenvalue weighted by molar-refractivity contribution is 5.85. The van der Waals surface area contributed by atoms with Gasteiger partial charge in [0.2, 0.25) is 5.91 Å². The molecule has 0 bridgehead atoms. The van der Waals surface area contributed by atoms with Gasteiger partial charge in [-0.25, -0.2) is 4.98 Å². The van der Waals surface area contributed by atoms with Gasteiger partial charge < -0.3 is 16.4 Å². The number of hydrogen-bond acceptors (Lipinski definition) is 5. The van der Waals surface area contributed by atoms with Crippen molar-refractivity contribution in [1.29, 1.82) is 0 Å². The van der Waals surface area contributed by atoms with Gasteiger partial charge in [0.1, 0.15) is 5.82 Å². The first-order chi connectivity index (χ1) is 7.68. The Kier molecular flexibility index (Phi) is 11.8. The largest absolute Gasteiger partial charge is 0.367 e. The number of amides is 1. The highest BCUT2D eigenvalue weighted by Crippen LogP contribution is 1.94. The predicted molar refractivity (Wildman–Crippen MR) is 76.3 cm³/mol. The van der Waals surface area contributed by atoms with Gasteiger partial charge in [0, 0.05) is 37.9 Å². The van der Waals surface area contributed by atoms with E-state index in [0.717, 1.165) is 0 Å². The molecule has 1 heterocycles. The Labute approximate surface area is 119 Å². The molecule has 1 aromatic heterocycles. The summed E-state index contributed by atoms with van der Waals surface area (Å²) in [6.07, 6.45) is 5.20. The lowest BCUT2D eigenvalue weighted by molar-refractivity contribution is -0.121. The van der Waals surface area contributed by atoms with Crippen LogP contribution in [0.3, 0.4) is 0 Å². The number of nitrogens with two attached hydrogens (primary N) is 1. The third-order valence-corrected chi connectivity index (χ3v) is 1.82. The van der Waals surface area contributed by atoms with Gasteiger partial charge in [0.15, 0.2) is 0 Å². The second-order valence-corrected chi connectivity index (χ2v) is 3.55. The van der Waals surface area contributed by atoms with E-state index in [1.807, 2.05) is 0 Å². The molecule has 0 aliphatic rings. The number of anilines is 1. The molecule has 0 aromatic carbocycles. The molecule has 1 atom stereocenters. The third-order valence-electron chi connectivity index (χ3n) is 1.82. The number of nitrogens with one attached hydrogen (secondary N) is 2. The quantitative estimate of drug-likeness (QED) is 0.668. The lowest BCUT2D eigenvalue weighted by Gasteiger charge is -2.08. The number of carbonyl (C=O) groups excluding carboxylic acids is 1. The molecule has 0 aliphatic heterocycles. The Balaban J connectivity index is 0. The highest BCUT2D eigenvalue weighted by Gasteiger charge is 2.03. The van der Waals surface area contributed by atoms with Crippen molar-refractivity contribution in [3.63, 3.8) is 0 Å². The summed E-state index contributed by atoms with van der Waals surface area (Å²) in [5.74, 6) is 0.667. The summed E-state index contributed by atoms with van der Waals surface area (Å²) in [7, 11) is 0. The second-order valence-electron chi connectivity index (χ2n) is 3.55. The van der Waals surface area contributed by atoms with Crippen LogP contribution in [0.2, 0.25) is 0 Å². The zero-order valence-electron chi connectivity index (χ0n) is 10.1. The van der Waals surface area contributed by atoms with Crippen molar-refractivity contribution in [1.82, 2.24) is 15.3 Å². The van der Waals surface area contributed by atoms with E-state index in [-0.39, 0.29) is 36.8 Å². The van der Waals surface area contributed by atoms with Crippen molar-refractivity contribution in [2.45, 2.75) is 19.4 Å². The average molecular weight is 296 g/mol. The van der Waals surface area contributed by atoms with Crippen molar-refractivity contribution in [3.8, 4) is 0 Å². The molecule has 18 heavy (non-hydrogen) atoms. The average Bonchev–Trinajstić information content (AvgIpc) is 2.25. The zero-order valence-corrected chi connectivity index (χ0v) is 11.8. The molecule has 6 nitrogen and oxygen atoms in total. The van der Waals surface area contributed by atoms with Crippen LogP contribution in [0.25, 0.3) is 0 Å². The molecule has 0 saturated carbocycles. The molecular formula is C10H19Cl2N5O. The van der Waals surface area contributed by atoms with Crippen molar-refractivity contribution >= 4 is 36.5 Å². The maximum atomic E-state index is 11.2. The first-order valence-corrected chi connectivity index (χ1v) is 5.20. The van der Waals surface area contributed by atoms with E-state index in [4.69, 9.17) is 5.73 Å². The normalized spacial score (nSPS) is 10.6. The second kappa shape index (κ2) is 11.0. The van der Waals surface area contributed by atoms with E-state index >= 15 is 0 Å². The Morgan fingerprint density at radius 2 is 2.11 bits per heavy atom. The summed E-state index contributed by atoms with van der Waals surface area (Å²) in [6.45, 7) is 2.96. The van der Waals surface area contributed by atoms with E-state index in [1.54, 1.807) is 25.5 Å². The fraction of sp³-hybridized carbons (Fsp3) is 0.500. The summed E-state index contributed by atoms with van der Waals surface area (Å²) in [5, 5.41) is 5.79. The Hall–Kier alpha value is -1.11. The molecule has 104 valence electrons. The minimum Gasteiger partial charge on any atom is -0.367 e. The van der Waals surface area contributed by atoms with Crippen molar-refractivity contribution < 1.29 is 4.79 Å². The van der Waals surface area contributed by atoms with E-state index in [2.05, 4.69) is 20.6 Å². The zero-order chi connectivity index (χ0) is 11.8. The molecule has 0 radical (unpaired) electrons. The van der Waals surface area contributed by atoms with Crippen LogP contribution in [0.15, 0.2) is 18.6 Å². The summed E-state index contributed by atoms with van der Waals surface area (Å²) in [5.41, 5.74) is 5.49. The molecular weight excluding hydrogens is 277 g/mol. The van der Waals surface area contributed by atoms with Gasteiger partial charge in [0.25, 0.3) is 0 Å². The van der Waals surface area contributed by atoms with Crippen LogP contribution in [-0.4, -0.2) is 35.0 Å². The van der Waals surface area contributed by atoms with Crippen LogP contribution in [-0.2, 0) is 4.79 Å². The van der Waals surface area contributed by atoms with Crippen LogP contribution in [0.1, 0.15) is 13.3 Å². The van der Waals surface area contributed by atoms with E-state index in [1.165, 1.54) is 0 Å². The number of aromatic nitrogens is 2. The smallest absolute Gasteiger partial charge is 0.221 e. The maximum absolute atomic E-state index is 11.2. The maximum Gasteiger partial charge on any atom is 0.221 e. The van der Waals surface area contributed by atoms with Gasteiger partial charge in [-0.15, -0.1) is 24.8 Å². The molecule has 1 amide bonds. The SMILES string of the molecule is CC(N)CC(=O)NCCNc1cnccn1.Cl.Cl. The third kappa shape index (κ3) is 8.98. The molecule has 0 aliphatic carbocycles. The van der Waals surface area contributed by atoms with Crippen LogP contribution in [0.4, 0.5) is 5.82 Å². The summed E-state index contributed by atoms with van der Waals surface area (Å²) < 4.78 is 0. The first kappa shape index (κ1) is 19.2. The van der Waals surface area contributed by atoms with Crippen molar-refractivity contribution in [2.75, 3.05) is 18.4 Å². The summed E-state index contributed by atoms with van der Waals surface area (Å²) in [6, 6.07) is -0.104. The topological polar surface area (TPSA) is 92.9 Å². The molecule has 4 N–H and O–H groups in total. The monoisotopic (exact) mass is 295 g/mol. The number of rotatable bonds is 6. The van der Waals surface area contributed by atoms with Gasteiger partial charge in [-0.05, 0) is 6.92 Å². The van der Waals surface area contributed by atoms with E-state index < -0.39 is 0 Å². The first-order valence-electron chi connectivity index (χ1n) is 5.20. The molecule has 0 spiro atoms. The molecule has 1 unspecified atom stereocenters. The molecule has 8 heteroatoms. The van der Waals surface area contributed by atoms with Crippen LogP contribution in [0, 0.1) is 0 Å². The molecule has 0 saturated heterocycles. The van der Waals surface area contributed by atoms with Gasteiger partial charge in [-0.1, -0.05) is 0 Å². The number of halogens is 2. The van der Waals surface area contributed by atoms with Gasteiger partial charge in [-0.3, -0.25) is 9.78 Å². The van der Waals surface area contributed by atoms with Crippen LogP contribution < -0.4 is 16.4 Å². The van der Waals surface area contributed by atoms with Gasteiger partial charge in [-0.2, -0.15) is 0 Å². The minimum atomic E-state index is -0.104. The number of hydrogen-bond donors (Lipinski definition) is 3. The number of nitrogens with zero attached hydrogens (tertiary/aromatic N) is 2. The Bertz CT molecular complexity index is 323. The van der Waals surface area contributed by atoms with E-state index in [9.17, 15) is 4.79 Å². The van der Waals surface area contributed by atoms with E-state index in [0.29, 0.717) is 25.3 Å². The summed E-state index contributed by atoms with van der Waals surface area (Å²) in [4.78, 5) is 19.2. The predicted octanol–water partition coefficient (Wildman–Crippen LogP) is 0.586. The fourth-order valence-electron chi connectivity index (χ4n) is 1.15. The van der Waals surface area contributed by atoms with Gasteiger partial charge >= 0.3 is 0 Å². The van der Waals surface area contributed by atoms with Crippen molar-refractivity contribution in [2.24, 2.45) is 5.73 Å². The number of carbonyl (C=O) groups is 1. The lowest BCUT2D eigenvalue weighted by atomic mass is 10.2. The minimum absolute atomic E-state index is 0. The Morgan fingerprint density at radius 3 is 2.67 bits per heavy atom. The standard InChI is InChI=1S/C10H17N5O.2ClH/c1-8(11)6-10(16)15-5-4-14-9-7-12-2-3-13-9;;/h2-3,7-8H,4-6,11H2,1H3,(H,13,14)(H,15,16);2*1H. The van der Waals surface area contributed by atoms with Gasteiger partial charge in [0.05, 0.1) is 6.20 Å². The molecule has 0 fully saturated rings. The Morgan fingerprint density at radius 1 is 1.39 bits per heavy atom. The van der Waals surface area contributed by atoms with Crippen LogP contribution >= 0.6 is 24.8 Å². The van der Waals surface area contributed by atoms with Crippen LogP contribution in [0.5, 0.6) is 0 Å².